The van der Waals surface area contributed by atoms with Crippen molar-refractivity contribution in [3.63, 3.8) is 0 Å². The number of hydrogen-bond donors (Lipinski definition) is 1. The van der Waals surface area contributed by atoms with Gasteiger partial charge in [0.1, 0.15) is 0 Å². The summed E-state index contributed by atoms with van der Waals surface area (Å²) >= 11 is 7.84. The number of nitrogens with one attached hydrogen (secondary N) is 1. The quantitative estimate of drug-likeness (QED) is 0.758. The van der Waals surface area contributed by atoms with E-state index in [-0.39, 0.29) is 5.91 Å². The van der Waals surface area contributed by atoms with Gasteiger partial charge in [-0.05, 0) is 71.9 Å². The van der Waals surface area contributed by atoms with Crippen molar-refractivity contribution in [2.24, 2.45) is 5.92 Å². The van der Waals surface area contributed by atoms with Crippen LogP contribution in [0.2, 0.25) is 5.02 Å². The number of nitrogens with zero attached hydrogens (tertiary/aromatic N) is 1. The van der Waals surface area contributed by atoms with Crippen molar-refractivity contribution < 1.29 is 4.79 Å². The Morgan fingerprint density at radius 1 is 1.28 bits per heavy atom. The minimum absolute atomic E-state index is 0.0550. The van der Waals surface area contributed by atoms with Gasteiger partial charge in [0.2, 0.25) is 5.91 Å². The molecule has 3 rings (SSSR count). The number of halogens is 1. The van der Waals surface area contributed by atoms with Gasteiger partial charge in [-0.2, -0.15) is 11.3 Å². The van der Waals surface area contributed by atoms with Gasteiger partial charge < -0.3 is 5.32 Å². The summed E-state index contributed by atoms with van der Waals surface area (Å²) in [6.45, 7) is 4.00. The van der Waals surface area contributed by atoms with Crippen LogP contribution in [0.15, 0.2) is 47.2 Å². The molecule has 0 unspecified atom stereocenters. The molecule has 3 nitrogen and oxygen atoms in total. The number of carbonyl (C=O) groups is 1. The molecule has 1 aromatic heterocycles. The lowest BCUT2D eigenvalue weighted by atomic mass is 9.96. The van der Waals surface area contributed by atoms with Crippen molar-refractivity contribution in [3.8, 4) is 0 Å². The molecule has 5 heteroatoms. The number of carbonyl (C=O) groups excluding carboxylic acids is 1. The van der Waals surface area contributed by atoms with E-state index in [1.807, 2.05) is 24.3 Å². The number of piperidine rings is 1. The summed E-state index contributed by atoms with van der Waals surface area (Å²) in [6, 6.07) is 9.71. The molecule has 25 heavy (non-hydrogen) atoms. The average Bonchev–Trinajstić information content (AvgIpc) is 3.13. The van der Waals surface area contributed by atoms with Gasteiger partial charge in [0, 0.05) is 24.2 Å². The first-order valence-corrected chi connectivity index (χ1v) is 9.96. The largest absolute Gasteiger partial charge is 0.352 e. The first-order valence-electron chi connectivity index (χ1n) is 8.64. The van der Waals surface area contributed by atoms with E-state index < -0.39 is 0 Å². The van der Waals surface area contributed by atoms with Crippen molar-refractivity contribution in [2.45, 2.75) is 19.4 Å². The lowest BCUT2D eigenvalue weighted by Gasteiger charge is -2.31. The van der Waals surface area contributed by atoms with Crippen molar-refractivity contribution in [1.29, 1.82) is 0 Å². The highest BCUT2D eigenvalue weighted by Gasteiger charge is 2.19. The predicted molar refractivity (Wildman–Crippen MR) is 106 cm³/mol. The Morgan fingerprint density at radius 3 is 2.80 bits per heavy atom. The predicted octanol–water partition coefficient (Wildman–Crippen LogP) is 4.44. The summed E-state index contributed by atoms with van der Waals surface area (Å²) in [5.41, 5.74) is 2.27. The minimum atomic E-state index is -0.0550. The molecular formula is C20H23ClN2OS. The van der Waals surface area contributed by atoms with E-state index in [1.165, 1.54) is 5.56 Å². The molecule has 0 aliphatic carbocycles. The molecule has 1 fully saturated rings. The SMILES string of the molecule is O=C(/C=C/c1ccccc1Cl)NCC1CCN(Cc2ccsc2)CC1. The summed E-state index contributed by atoms with van der Waals surface area (Å²) < 4.78 is 0. The standard InChI is InChI=1S/C20H23ClN2OS/c21-19-4-2-1-3-18(19)5-6-20(24)22-13-16-7-10-23(11-8-16)14-17-9-12-25-15-17/h1-6,9,12,15-16H,7-8,10-11,13-14H2,(H,22,24)/b6-5+. The van der Waals surface area contributed by atoms with Gasteiger partial charge in [0.15, 0.2) is 0 Å². The van der Waals surface area contributed by atoms with Gasteiger partial charge in [0.25, 0.3) is 0 Å². The van der Waals surface area contributed by atoms with Crippen molar-refractivity contribution >= 4 is 34.9 Å². The number of amides is 1. The van der Waals surface area contributed by atoms with Gasteiger partial charge in [-0.1, -0.05) is 29.8 Å². The maximum absolute atomic E-state index is 12.0. The molecule has 1 amide bonds. The summed E-state index contributed by atoms with van der Waals surface area (Å²) in [5.74, 6) is 0.511. The third-order valence-electron chi connectivity index (χ3n) is 4.58. The van der Waals surface area contributed by atoms with Crippen molar-refractivity contribution in [2.75, 3.05) is 19.6 Å². The summed E-state index contributed by atoms with van der Waals surface area (Å²) in [6.07, 6.45) is 5.60. The van der Waals surface area contributed by atoms with Gasteiger partial charge in [0.05, 0.1) is 0 Å². The second-order valence-electron chi connectivity index (χ2n) is 6.45. The van der Waals surface area contributed by atoms with Gasteiger partial charge in [-0.15, -0.1) is 0 Å². The van der Waals surface area contributed by atoms with Crippen LogP contribution in [0, 0.1) is 5.92 Å². The lowest BCUT2D eigenvalue weighted by Crippen LogP contribution is -2.37. The Morgan fingerprint density at radius 2 is 2.08 bits per heavy atom. The van der Waals surface area contributed by atoms with Crippen molar-refractivity contribution in [3.05, 3.63) is 63.3 Å². The molecule has 1 saturated heterocycles. The van der Waals surface area contributed by atoms with Gasteiger partial charge in [-0.3, -0.25) is 9.69 Å². The molecule has 1 aromatic carbocycles. The molecule has 1 aliphatic heterocycles. The fourth-order valence-corrected chi connectivity index (χ4v) is 3.93. The lowest BCUT2D eigenvalue weighted by molar-refractivity contribution is -0.116. The molecule has 0 saturated carbocycles. The van der Waals surface area contributed by atoms with Crippen LogP contribution in [0.5, 0.6) is 0 Å². The van der Waals surface area contributed by atoms with E-state index >= 15 is 0 Å². The van der Waals surface area contributed by atoms with Gasteiger partial charge >= 0.3 is 0 Å². The Bertz CT molecular complexity index is 706. The summed E-state index contributed by atoms with van der Waals surface area (Å²) in [4.78, 5) is 14.5. The van der Waals surface area contributed by atoms with Crippen LogP contribution in [0.3, 0.4) is 0 Å². The third kappa shape index (κ3) is 5.70. The van der Waals surface area contributed by atoms with E-state index in [9.17, 15) is 4.79 Å². The van der Waals surface area contributed by atoms with Gasteiger partial charge in [-0.25, -0.2) is 0 Å². The molecule has 2 heterocycles. The first-order chi connectivity index (χ1) is 12.2. The molecule has 132 valence electrons. The second-order valence-corrected chi connectivity index (χ2v) is 7.64. The van der Waals surface area contributed by atoms with Crippen LogP contribution >= 0.6 is 22.9 Å². The van der Waals surface area contributed by atoms with Crippen LogP contribution in [0.1, 0.15) is 24.0 Å². The highest BCUT2D eigenvalue weighted by Crippen LogP contribution is 2.19. The first kappa shape index (κ1) is 18.2. The molecule has 0 bridgehead atoms. The van der Waals surface area contributed by atoms with E-state index in [0.29, 0.717) is 10.9 Å². The number of hydrogen-bond acceptors (Lipinski definition) is 3. The highest BCUT2D eigenvalue weighted by atomic mass is 35.5. The van der Waals surface area contributed by atoms with Crippen molar-refractivity contribution in [1.82, 2.24) is 10.2 Å². The smallest absolute Gasteiger partial charge is 0.244 e. The summed E-state index contributed by atoms with van der Waals surface area (Å²) in [5, 5.41) is 8.03. The van der Waals surface area contributed by atoms with E-state index in [1.54, 1.807) is 23.5 Å². The molecule has 0 radical (unpaired) electrons. The number of likely N-dealkylation sites (tertiary alicyclic amines) is 1. The van der Waals surface area contributed by atoms with E-state index in [4.69, 9.17) is 11.6 Å². The van der Waals surface area contributed by atoms with Crippen LogP contribution in [-0.2, 0) is 11.3 Å². The number of rotatable bonds is 6. The molecule has 1 aliphatic rings. The Labute approximate surface area is 158 Å². The Hall–Kier alpha value is -1.62. The topological polar surface area (TPSA) is 32.3 Å². The zero-order valence-corrected chi connectivity index (χ0v) is 15.7. The van der Waals surface area contributed by atoms with Crippen LogP contribution in [-0.4, -0.2) is 30.4 Å². The Kier molecular flexibility index (Phi) is 6.68. The second kappa shape index (κ2) is 9.18. The zero-order valence-electron chi connectivity index (χ0n) is 14.2. The highest BCUT2D eigenvalue weighted by molar-refractivity contribution is 7.07. The molecule has 0 atom stereocenters. The fraction of sp³-hybridized carbons (Fsp3) is 0.350. The monoisotopic (exact) mass is 374 g/mol. The summed E-state index contributed by atoms with van der Waals surface area (Å²) in [7, 11) is 0. The van der Waals surface area contributed by atoms with Crippen LogP contribution in [0.25, 0.3) is 6.08 Å². The number of thiophene rings is 1. The molecule has 0 spiro atoms. The molecule has 1 N–H and O–H groups in total. The fourth-order valence-electron chi connectivity index (χ4n) is 3.07. The molecule has 2 aromatic rings. The zero-order chi connectivity index (χ0) is 17.5. The minimum Gasteiger partial charge on any atom is -0.352 e. The maximum atomic E-state index is 12.0. The third-order valence-corrected chi connectivity index (χ3v) is 5.65. The average molecular weight is 375 g/mol. The van der Waals surface area contributed by atoms with Crippen LogP contribution < -0.4 is 5.32 Å². The number of benzene rings is 1. The normalized spacial score (nSPS) is 16.4. The Balaban J connectivity index is 1.38. The molecular weight excluding hydrogens is 352 g/mol. The van der Waals surface area contributed by atoms with E-state index in [2.05, 4.69) is 27.0 Å². The van der Waals surface area contributed by atoms with Crippen LogP contribution in [0.4, 0.5) is 0 Å². The van der Waals surface area contributed by atoms with E-state index in [0.717, 1.165) is 44.6 Å². The maximum Gasteiger partial charge on any atom is 0.244 e.